The van der Waals surface area contributed by atoms with Crippen LogP contribution in [0.2, 0.25) is 0 Å². The van der Waals surface area contributed by atoms with Crippen LogP contribution in [0, 0.1) is 6.92 Å². The summed E-state index contributed by atoms with van der Waals surface area (Å²) in [5.41, 5.74) is 6.37. The highest BCUT2D eigenvalue weighted by Crippen LogP contribution is 2.32. The van der Waals surface area contributed by atoms with Crippen LogP contribution in [0.15, 0.2) is 72.9 Å². The van der Waals surface area contributed by atoms with Crippen molar-refractivity contribution < 1.29 is 4.79 Å². The Morgan fingerprint density at radius 2 is 1.79 bits per heavy atom. The van der Waals surface area contributed by atoms with E-state index in [0.717, 1.165) is 53.4 Å². The summed E-state index contributed by atoms with van der Waals surface area (Å²) in [6.07, 6.45) is 4.06. The lowest BCUT2D eigenvalue weighted by Gasteiger charge is -2.32. The van der Waals surface area contributed by atoms with Gasteiger partial charge in [-0.2, -0.15) is 0 Å². The number of hydrogen-bond acceptors (Lipinski definition) is 3. The molecule has 0 radical (unpaired) electrons. The lowest BCUT2D eigenvalue weighted by atomic mass is 9.97. The molecule has 1 aliphatic rings. The molecule has 5 rings (SSSR count). The summed E-state index contributed by atoms with van der Waals surface area (Å²) in [4.78, 5) is 22.1. The molecule has 2 aromatic heterocycles. The minimum Gasteiger partial charge on any atom is -0.378 e. The molecule has 0 saturated carbocycles. The van der Waals surface area contributed by atoms with Crippen molar-refractivity contribution in [2.75, 3.05) is 37.4 Å². The lowest BCUT2D eigenvalue weighted by Crippen LogP contribution is -2.42. The second-order valence-electron chi connectivity index (χ2n) is 9.30. The molecule has 1 fully saturated rings. The third-order valence-corrected chi connectivity index (χ3v) is 6.61. The maximum atomic E-state index is 13.1. The van der Waals surface area contributed by atoms with Gasteiger partial charge in [-0.1, -0.05) is 35.9 Å². The van der Waals surface area contributed by atoms with Crippen LogP contribution in [0.5, 0.6) is 0 Å². The largest absolute Gasteiger partial charge is 0.378 e. The van der Waals surface area contributed by atoms with E-state index in [9.17, 15) is 4.79 Å². The fourth-order valence-electron chi connectivity index (χ4n) is 4.69. The van der Waals surface area contributed by atoms with Crippen LogP contribution in [0.1, 0.15) is 30.1 Å². The number of rotatable bonds is 4. The molecular weight excluding hydrogens is 422 g/mol. The molecule has 6 heteroatoms. The lowest BCUT2D eigenvalue weighted by molar-refractivity contribution is 0.191. The van der Waals surface area contributed by atoms with E-state index in [0.29, 0.717) is 6.54 Å². The number of imidazole rings is 1. The molecule has 0 bridgehead atoms. The van der Waals surface area contributed by atoms with Crippen LogP contribution in [-0.4, -0.2) is 47.5 Å². The number of benzene rings is 2. The molecule has 2 aromatic carbocycles. The van der Waals surface area contributed by atoms with Gasteiger partial charge in [-0.05, 0) is 56.2 Å². The van der Waals surface area contributed by atoms with E-state index in [1.807, 2.05) is 54.2 Å². The summed E-state index contributed by atoms with van der Waals surface area (Å²) in [7, 11) is 4.01. The molecule has 4 aromatic rings. The Balaban J connectivity index is 1.38. The summed E-state index contributed by atoms with van der Waals surface area (Å²) in [6, 6.07) is 22.6. The van der Waals surface area contributed by atoms with Crippen LogP contribution >= 0.6 is 0 Å². The first-order valence-electron chi connectivity index (χ1n) is 11.9. The van der Waals surface area contributed by atoms with E-state index in [4.69, 9.17) is 4.98 Å². The monoisotopic (exact) mass is 453 g/mol. The van der Waals surface area contributed by atoms with Gasteiger partial charge < -0.3 is 19.5 Å². The predicted molar refractivity (Wildman–Crippen MR) is 139 cm³/mol. The quantitative estimate of drug-likeness (QED) is 0.426. The van der Waals surface area contributed by atoms with Gasteiger partial charge in [0, 0.05) is 56.2 Å². The number of hydrogen-bond donors (Lipinski definition) is 1. The van der Waals surface area contributed by atoms with E-state index in [-0.39, 0.29) is 11.9 Å². The Labute approximate surface area is 200 Å². The molecule has 1 N–H and O–H groups in total. The maximum absolute atomic E-state index is 13.1. The minimum absolute atomic E-state index is 0.0538. The summed E-state index contributed by atoms with van der Waals surface area (Å²) in [5.74, 6) is 1.21. The molecule has 1 saturated heterocycles. The summed E-state index contributed by atoms with van der Waals surface area (Å²) in [6.45, 7) is 3.51. The number of fused-ring (bicyclic) bond motifs is 1. The summed E-state index contributed by atoms with van der Waals surface area (Å²) < 4.78 is 2.20. The van der Waals surface area contributed by atoms with E-state index < -0.39 is 0 Å². The van der Waals surface area contributed by atoms with Gasteiger partial charge in [-0.15, -0.1) is 0 Å². The molecule has 1 aliphatic heterocycles. The second kappa shape index (κ2) is 9.21. The average Bonchev–Trinajstić information content (AvgIpc) is 3.25. The van der Waals surface area contributed by atoms with Crippen molar-refractivity contribution in [3.63, 3.8) is 0 Å². The average molecular weight is 454 g/mol. The van der Waals surface area contributed by atoms with Crippen molar-refractivity contribution in [2.45, 2.75) is 25.7 Å². The standard InChI is InChI=1S/C28H31N5O/c1-20-9-11-21(12-10-20)26-25-8-4-5-18-33(25)27(30-26)22-7-6-17-32(19-22)28(34)29-23-13-15-24(16-14-23)31(2)3/h4-5,8-16,18,22H,6-7,17,19H2,1-3H3,(H,29,34)/t22-/m1/s1. The number of piperidine rings is 1. The van der Waals surface area contributed by atoms with Crippen LogP contribution < -0.4 is 10.2 Å². The fourth-order valence-corrected chi connectivity index (χ4v) is 4.69. The molecule has 6 nitrogen and oxygen atoms in total. The van der Waals surface area contributed by atoms with E-state index in [1.165, 1.54) is 5.56 Å². The molecule has 34 heavy (non-hydrogen) atoms. The molecule has 0 spiro atoms. The number of aryl methyl sites for hydroxylation is 1. The van der Waals surface area contributed by atoms with Crippen LogP contribution in [0.3, 0.4) is 0 Å². The molecule has 174 valence electrons. The fraction of sp³-hybridized carbons (Fsp3) is 0.286. The van der Waals surface area contributed by atoms with Crippen molar-refractivity contribution in [1.29, 1.82) is 0 Å². The first-order chi connectivity index (χ1) is 16.5. The van der Waals surface area contributed by atoms with E-state index in [2.05, 4.69) is 59.2 Å². The Morgan fingerprint density at radius 1 is 1.03 bits per heavy atom. The summed E-state index contributed by atoms with van der Waals surface area (Å²) in [5, 5.41) is 3.06. The molecule has 0 unspecified atom stereocenters. The van der Waals surface area contributed by atoms with Gasteiger partial charge in [0.05, 0.1) is 11.2 Å². The molecule has 1 atom stereocenters. The van der Waals surface area contributed by atoms with E-state index in [1.54, 1.807) is 0 Å². The Bertz CT molecular complexity index is 1290. The highest BCUT2D eigenvalue weighted by atomic mass is 16.2. The zero-order valence-electron chi connectivity index (χ0n) is 20.0. The highest BCUT2D eigenvalue weighted by molar-refractivity contribution is 5.89. The number of likely N-dealkylation sites (tertiary alicyclic amines) is 1. The van der Waals surface area contributed by atoms with Gasteiger partial charge in [0.1, 0.15) is 5.82 Å². The van der Waals surface area contributed by atoms with Gasteiger partial charge in [0.2, 0.25) is 0 Å². The van der Waals surface area contributed by atoms with Gasteiger partial charge in [-0.3, -0.25) is 0 Å². The Hall–Kier alpha value is -3.80. The number of anilines is 2. The smallest absolute Gasteiger partial charge is 0.321 e. The van der Waals surface area contributed by atoms with Gasteiger partial charge in [0.15, 0.2) is 0 Å². The number of amides is 2. The van der Waals surface area contributed by atoms with Crippen molar-refractivity contribution in [3.05, 3.63) is 84.3 Å². The van der Waals surface area contributed by atoms with Crippen molar-refractivity contribution in [1.82, 2.24) is 14.3 Å². The third kappa shape index (κ3) is 4.36. The molecule has 2 amide bonds. The van der Waals surface area contributed by atoms with Gasteiger partial charge in [-0.25, -0.2) is 9.78 Å². The number of nitrogens with zero attached hydrogens (tertiary/aromatic N) is 4. The van der Waals surface area contributed by atoms with Crippen molar-refractivity contribution >= 4 is 22.9 Å². The van der Waals surface area contributed by atoms with Crippen LogP contribution in [0.25, 0.3) is 16.8 Å². The first kappa shape index (κ1) is 22.0. The number of aromatic nitrogens is 2. The Kier molecular flexibility index (Phi) is 5.97. The zero-order valence-corrected chi connectivity index (χ0v) is 20.0. The van der Waals surface area contributed by atoms with Crippen LogP contribution in [0.4, 0.5) is 16.2 Å². The number of nitrogens with one attached hydrogen (secondary N) is 1. The Morgan fingerprint density at radius 3 is 2.53 bits per heavy atom. The second-order valence-corrected chi connectivity index (χ2v) is 9.30. The van der Waals surface area contributed by atoms with Gasteiger partial charge in [0.25, 0.3) is 0 Å². The molecule has 0 aliphatic carbocycles. The maximum Gasteiger partial charge on any atom is 0.321 e. The zero-order chi connectivity index (χ0) is 23.7. The molecule has 3 heterocycles. The van der Waals surface area contributed by atoms with Crippen molar-refractivity contribution in [2.24, 2.45) is 0 Å². The third-order valence-electron chi connectivity index (χ3n) is 6.61. The van der Waals surface area contributed by atoms with Crippen molar-refractivity contribution in [3.8, 4) is 11.3 Å². The first-order valence-corrected chi connectivity index (χ1v) is 11.9. The predicted octanol–water partition coefficient (Wildman–Crippen LogP) is 5.79. The van der Waals surface area contributed by atoms with E-state index >= 15 is 0 Å². The number of pyridine rings is 1. The normalized spacial score (nSPS) is 16.0. The van der Waals surface area contributed by atoms with Gasteiger partial charge >= 0.3 is 6.03 Å². The number of urea groups is 1. The highest BCUT2D eigenvalue weighted by Gasteiger charge is 2.28. The number of carbonyl (C=O) groups is 1. The number of carbonyl (C=O) groups excluding carboxylic acids is 1. The van der Waals surface area contributed by atoms with Crippen LogP contribution in [-0.2, 0) is 0 Å². The minimum atomic E-state index is -0.0538. The molecular formula is C28H31N5O. The summed E-state index contributed by atoms with van der Waals surface area (Å²) >= 11 is 0. The SMILES string of the molecule is Cc1ccc(-c2nc([C@@H]3CCCN(C(=O)Nc4ccc(N(C)C)cc4)C3)n3ccccc23)cc1. The topological polar surface area (TPSA) is 52.9 Å².